The lowest BCUT2D eigenvalue weighted by molar-refractivity contribution is 0.0907. The van der Waals surface area contributed by atoms with Gasteiger partial charge in [-0.1, -0.05) is 30.3 Å². The second-order valence-electron chi connectivity index (χ2n) is 5.11. The van der Waals surface area contributed by atoms with Crippen molar-refractivity contribution < 1.29 is 4.79 Å². The van der Waals surface area contributed by atoms with Gasteiger partial charge in [0.2, 0.25) is 0 Å². The predicted molar refractivity (Wildman–Crippen MR) is 79.3 cm³/mol. The van der Waals surface area contributed by atoms with Crippen molar-refractivity contribution >= 4 is 5.91 Å². The summed E-state index contributed by atoms with van der Waals surface area (Å²) in [6.45, 7) is 4.15. The molecule has 0 saturated heterocycles. The van der Waals surface area contributed by atoms with Crippen LogP contribution in [0.25, 0.3) is 0 Å². The van der Waals surface area contributed by atoms with Crippen molar-refractivity contribution in [3.05, 3.63) is 65.5 Å². The van der Waals surface area contributed by atoms with Crippen LogP contribution in [0.1, 0.15) is 28.4 Å². The molecule has 0 saturated carbocycles. The van der Waals surface area contributed by atoms with E-state index in [9.17, 15) is 4.79 Å². The zero-order valence-corrected chi connectivity index (χ0v) is 11.8. The summed E-state index contributed by atoms with van der Waals surface area (Å²) in [6.07, 6.45) is 3.28. The number of hydrogen-bond acceptors (Lipinski definition) is 3. The number of aromatic nitrogens is 1. The van der Waals surface area contributed by atoms with Gasteiger partial charge in [-0.15, -0.1) is 0 Å². The summed E-state index contributed by atoms with van der Waals surface area (Å²) in [4.78, 5) is 16.4. The first-order valence-electron chi connectivity index (χ1n) is 6.55. The van der Waals surface area contributed by atoms with Gasteiger partial charge in [-0.2, -0.15) is 0 Å². The molecule has 1 aromatic heterocycles. The van der Waals surface area contributed by atoms with Crippen molar-refractivity contribution in [1.29, 1.82) is 0 Å². The quantitative estimate of drug-likeness (QED) is 0.892. The first-order valence-corrected chi connectivity index (χ1v) is 6.55. The van der Waals surface area contributed by atoms with E-state index >= 15 is 0 Å². The molecule has 3 N–H and O–H groups in total. The minimum atomic E-state index is -0.595. The molecule has 2 aromatic rings. The van der Waals surface area contributed by atoms with Crippen molar-refractivity contribution in [1.82, 2.24) is 10.3 Å². The number of amides is 1. The number of benzene rings is 1. The van der Waals surface area contributed by atoms with Gasteiger partial charge in [0.25, 0.3) is 5.91 Å². The lowest BCUT2D eigenvalue weighted by atomic mass is 9.91. The van der Waals surface area contributed by atoms with Gasteiger partial charge < -0.3 is 11.1 Å². The zero-order chi connectivity index (χ0) is 14.6. The summed E-state index contributed by atoms with van der Waals surface area (Å²) in [5, 5.41) is 3.00. The van der Waals surface area contributed by atoms with E-state index in [0.717, 1.165) is 11.1 Å². The zero-order valence-electron chi connectivity index (χ0n) is 11.8. The molecule has 0 aliphatic rings. The lowest BCUT2D eigenvalue weighted by Gasteiger charge is -2.30. The smallest absolute Gasteiger partial charge is 0.253 e. The van der Waals surface area contributed by atoms with Gasteiger partial charge in [-0.3, -0.25) is 9.78 Å². The van der Waals surface area contributed by atoms with Crippen LogP contribution in [0.15, 0.2) is 48.8 Å². The Hall–Kier alpha value is -2.20. The largest absolute Gasteiger partial charge is 0.341 e. The molecule has 0 aliphatic heterocycles. The molecule has 1 aromatic carbocycles. The van der Waals surface area contributed by atoms with Crippen LogP contribution < -0.4 is 11.1 Å². The van der Waals surface area contributed by atoms with E-state index in [-0.39, 0.29) is 5.91 Å². The molecule has 0 radical (unpaired) electrons. The summed E-state index contributed by atoms with van der Waals surface area (Å²) < 4.78 is 0. The highest BCUT2D eigenvalue weighted by atomic mass is 16.1. The predicted octanol–water partition coefficient (Wildman–Crippen LogP) is 1.99. The van der Waals surface area contributed by atoms with Crippen molar-refractivity contribution in [2.24, 2.45) is 5.73 Å². The Balaban J connectivity index is 2.24. The Bertz CT molecular complexity index is 598. The average Bonchev–Trinajstić information content (AvgIpc) is 2.48. The number of rotatable bonds is 4. The molecule has 4 heteroatoms. The van der Waals surface area contributed by atoms with E-state index in [4.69, 9.17) is 5.73 Å². The van der Waals surface area contributed by atoms with Crippen molar-refractivity contribution in [3.8, 4) is 0 Å². The van der Waals surface area contributed by atoms with Gasteiger partial charge in [-0.25, -0.2) is 0 Å². The van der Waals surface area contributed by atoms with Gasteiger partial charge in [0.1, 0.15) is 0 Å². The summed E-state index contributed by atoms with van der Waals surface area (Å²) in [6, 6.07) is 11.5. The fourth-order valence-electron chi connectivity index (χ4n) is 2.05. The Kier molecular flexibility index (Phi) is 4.15. The van der Waals surface area contributed by atoms with Crippen LogP contribution in [0.2, 0.25) is 0 Å². The van der Waals surface area contributed by atoms with Crippen LogP contribution >= 0.6 is 0 Å². The van der Waals surface area contributed by atoms with Gasteiger partial charge in [0.15, 0.2) is 0 Å². The second-order valence-corrected chi connectivity index (χ2v) is 5.11. The maximum atomic E-state index is 12.3. The van der Waals surface area contributed by atoms with E-state index in [1.54, 1.807) is 12.4 Å². The molecule has 2 rings (SSSR count). The Morgan fingerprint density at radius 3 is 2.60 bits per heavy atom. The second kappa shape index (κ2) is 5.84. The maximum Gasteiger partial charge on any atom is 0.253 e. The molecule has 1 atom stereocenters. The Morgan fingerprint density at radius 2 is 2.00 bits per heavy atom. The average molecular weight is 269 g/mol. The highest BCUT2D eigenvalue weighted by molar-refractivity contribution is 5.94. The molecule has 0 aliphatic carbocycles. The third-order valence-electron chi connectivity index (χ3n) is 3.35. The number of carbonyl (C=O) groups is 1. The number of pyridine rings is 1. The van der Waals surface area contributed by atoms with E-state index in [1.165, 1.54) is 0 Å². The molecule has 1 heterocycles. The summed E-state index contributed by atoms with van der Waals surface area (Å²) in [5.41, 5.74) is 7.75. The molecular formula is C16H19N3O. The van der Waals surface area contributed by atoms with Gasteiger partial charge in [0.05, 0.1) is 11.1 Å². The molecule has 104 valence electrons. The van der Waals surface area contributed by atoms with Crippen LogP contribution in [0.5, 0.6) is 0 Å². The van der Waals surface area contributed by atoms with Crippen molar-refractivity contribution in [2.45, 2.75) is 19.4 Å². The third-order valence-corrected chi connectivity index (χ3v) is 3.35. The number of aryl methyl sites for hydroxylation is 1. The third kappa shape index (κ3) is 3.03. The van der Waals surface area contributed by atoms with E-state index in [2.05, 4.69) is 10.3 Å². The van der Waals surface area contributed by atoms with E-state index < -0.39 is 5.54 Å². The fourth-order valence-corrected chi connectivity index (χ4v) is 2.05. The fraction of sp³-hybridized carbons (Fsp3) is 0.250. The number of nitrogens with two attached hydrogens (primary N) is 1. The highest BCUT2D eigenvalue weighted by Gasteiger charge is 2.27. The van der Waals surface area contributed by atoms with Gasteiger partial charge in [0, 0.05) is 18.9 Å². The SMILES string of the molecule is Cc1cncc(C(=O)NC(C)(CN)c2ccccc2)c1. The van der Waals surface area contributed by atoms with Crippen LogP contribution in [-0.2, 0) is 5.54 Å². The van der Waals surface area contributed by atoms with Gasteiger partial charge in [-0.05, 0) is 31.0 Å². The maximum absolute atomic E-state index is 12.3. The minimum Gasteiger partial charge on any atom is -0.341 e. The summed E-state index contributed by atoms with van der Waals surface area (Å²) in [5.74, 6) is -0.169. The molecule has 1 unspecified atom stereocenters. The number of carbonyl (C=O) groups excluding carboxylic acids is 1. The topological polar surface area (TPSA) is 68.0 Å². The van der Waals surface area contributed by atoms with Crippen molar-refractivity contribution in [2.75, 3.05) is 6.54 Å². The molecule has 0 bridgehead atoms. The first kappa shape index (κ1) is 14.2. The molecule has 20 heavy (non-hydrogen) atoms. The standard InChI is InChI=1S/C16H19N3O/c1-12-8-13(10-18-9-12)15(20)19-16(2,11-17)14-6-4-3-5-7-14/h3-10H,11,17H2,1-2H3,(H,19,20). The summed E-state index contributed by atoms with van der Waals surface area (Å²) >= 11 is 0. The normalized spacial score (nSPS) is 13.6. The minimum absolute atomic E-state index is 0.169. The molecule has 1 amide bonds. The highest BCUT2D eigenvalue weighted by Crippen LogP contribution is 2.19. The number of nitrogens with zero attached hydrogens (tertiary/aromatic N) is 1. The van der Waals surface area contributed by atoms with Crippen LogP contribution in [0.4, 0.5) is 0 Å². The van der Waals surface area contributed by atoms with Crippen molar-refractivity contribution in [3.63, 3.8) is 0 Å². The van der Waals surface area contributed by atoms with Crippen LogP contribution in [0, 0.1) is 6.92 Å². The summed E-state index contributed by atoms with van der Waals surface area (Å²) in [7, 11) is 0. The molecule has 4 nitrogen and oxygen atoms in total. The molecular weight excluding hydrogens is 250 g/mol. The van der Waals surface area contributed by atoms with Gasteiger partial charge >= 0.3 is 0 Å². The number of nitrogens with one attached hydrogen (secondary N) is 1. The first-order chi connectivity index (χ1) is 9.55. The van der Waals surface area contributed by atoms with E-state index in [0.29, 0.717) is 12.1 Å². The molecule has 0 spiro atoms. The molecule has 0 fully saturated rings. The van der Waals surface area contributed by atoms with Crippen LogP contribution in [0.3, 0.4) is 0 Å². The lowest BCUT2D eigenvalue weighted by Crippen LogP contribution is -2.48. The Labute approximate surface area is 119 Å². The van der Waals surface area contributed by atoms with E-state index in [1.807, 2.05) is 50.2 Å². The van der Waals surface area contributed by atoms with Crippen LogP contribution in [-0.4, -0.2) is 17.4 Å². The monoisotopic (exact) mass is 269 g/mol. The Morgan fingerprint density at radius 1 is 1.30 bits per heavy atom. The number of hydrogen-bond donors (Lipinski definition) is 2.